The molecule has 0 radical (unpaired) electrons. The molecule has 2 fully saturated rings. The Hall–Kier alpha value is -4.30. The molecule has 12 nitrogen and oxygen atoms in total. The fourth-order valence-electron chi connectivity index (χ4n) is 5.98. The molecule has 0 atom stereocenters. The fourth-order valence-corrected chi connectivity index (χ4v) is 7.29. The number of hydrogen-bond acceptors (Lipinski definition) is 12. The van der Waals surface area contributed by atoms with Crippen LogP contribution in [0.5, 0.6) is 0 Å². The zero-order chi connectivity index (χ0) is 35.3. The summed E-state index contributed by atoms with van der Waals surface area (Å²) in [6.07, 6.45) is 13.2. The summed E-state index contributed by atoms with van der Waals surface area (Å²) in [5, 5.41) is 0. The van der Waals surface area contributed by atoms with E-state index in [1.807, 2.05) is 36.4 Å². The number of nitrogens with two attached hydrogens (primary N) is 2. The first-order valence-electron chi connectivity index (χ1n) is 16.7. The minimum Gasteiger partial charge on any atom is -0.368 e. The van der Waals surface area contributed by atoms with Gasteiger partial charge in [-0.15, -0.1) is 0 Å². The molecule has 4 aromatic rings. The summed E-state index contributed by atoms with van der Waals surface area (Å²) in [6.45, 7) is 5.74. The smallest absolute Gasteiger partial charge is 0.221 e. The lowest BCUT2D eigenvalue weighted by molar-refractivity contribution is 0.419. The van der Waals surface area contributed by atoms with E-state index < -0.39 is 19.7 Å². The van der Waals surface area contributed by atoms with E-state index in [1.54, 1.807) is 24.5 Å². The number of rotatable bonds is 12. The van der Waals surface area contributed by atoms with Crippen molar-refractivity contribution in [1.82, 2.24) is 19.9 Å². The van der Waals surface area contributed by atoms with Crippen LogP contribution in [0.2, 0.25) is 0 Å². The van der Waals surface area contributed by atoms with Crippen molar-refractivity contribution in [2.75, 3.05) is 46.9 Å². The van der Waals surface area contributed by atoms with E-state index in [0.29, 0.717) is 21.6 Å². The Labute approximate surface area is 289 Å². The van der Waals surface area contributed by atoms with Crippen LogP contribution in [-0.4, -0.2) is 62.4 Å². The number of nitrogens with zero attached hydrogens (tertiary/aromatic N) is 6. The third kappa shape index (κ3) is 8.84. The normalized spacial score (nSPS) is 14.8. The van der Waals surface area contributed by atoms with Crippen molar-refractivity contribution in [3.63, 3.8) is 0 Å². The first-order chi connectivity index (χ1) is 23.3. The number of anilines is 6. The van der Waals surface area contributed by atoms with E-state index in [-0.39, 0.29) is 11.9 Å². The number of benzene rings is 2. The summed E-state index contributed by atoms with van der Waals surface area (Å²) in [5.41, 5.74) is 15.7. The molecule has 2 aromatic heterocycles. The zero-order valence-electron chi connectivity index (χ0n) is 28.6. The number of aromatic nitrogens is 4. The third-order valence-corrected chi connectivity index (χ3v) is 11.0. The maximum Gasteiger partial charge on any atom is 0.221 e. The van der Waals surface area contributed by atoms with Gasteiger partial charge in [-0.05, 0) is 110 Å². The van der Waals surface area contributed by atoms with Gasteiger partial charge in [0, 0.05) is 49.4 Å². The first-order valence-corrected chi connectivity index (χ1v) is 20.5. The van der Waals surface area contributed by atoms with Crippen molar-refractivity contribution in [2.45, 2.75) is 80.4 Å². The summed E-state index contributed by atoms with van der Waals surface area (Å²) in [6, 6.07) is 14.4. The van der Waals surface area contributed by atoms with Gasteiger partial charge in [0.15, 0.2) is 19.7 Å². The maximum absolute atomic E-state index is 12.0. The molecule has 0 aliphatic heterocycles. The highest BCUT2D eigenvalue weighted by Gasteiger charge is 2.30. The van der Waals surface area contributed by atoms with Crippen molar-refractivity contribution in [1.29, 1.82) is 0 Å². The van der Waals surface area contributed by atoms with Gasteiger partial charge in [0.25, 0.3) is 0 Å². The summed E-state index contributed by atoms with van der Waals surface area (Å²) in [4.78, 5) is 21.6. The molecule has 0 bridgehead atoms. The second kappa shape index (κ2) is 15.1. The standard InChI is InChI=1S/C18H24N4O2S.C17H22N4O2S/c1-3-11-22(17-9-10-20-18(19)21-17)16-8-7-14(25(2,23)24)12-15(16)13-5-4-6-13;1-3-10-21(16-8-9-19-17(18)20-16)15-7-6-13(24(2,22)23)11-14(15)12-4-5-12/h7-10,12-13H,3-6,11H2,1-2H3,(H2,19,20,21);6-9,11-12H,3-5,10H2,1-2H3,(H2,18,19,20). The second-order valence-electron chi connectivity index (χ2n) is 12.7. The van der Waals surface area contributed by atoms with E-state index in [4.69, 9.17) is 11.5 Å². The molecule has 14 heteroatoms. The van der Waals surface area contributed by atoms with Crippen LogP contribution in [0.25, 0.3) is 0 Å². The largest absolute Gasteiger partial charge is 0.368 e. The molecule has 0 saturated heterocycles. The van der Waals surface area contributed by atoms with Crippen LogP contribution < -0.4 is 21.3 Å². The van der Waals surface area contributed by atoms with Crippen LogP contribution in [0.4, 0.5) is 34.9 Å². The van der Waals surface area contributed by atoms with Crippen LogP contribution in [0.1, 0.15) is 81.8 Å². The lowest BCUT2D eigenvalue weighted by Crippen LogP contribution is -2.23. The number of hydrogen-bond donors (Lipinski definition) is 2. The van der Waals surface area contributed by atoms with Crippen LogP contribution in [0, 0.1) is 0 Å². The number of sulfone groups is 2. The molecule has 2 heterocycles. The Morgan fingerprint density at radius 3 is 1.37 bits per heavy atom. The second-order valence-corrected chi connectivity index (χ2v) is 16.8. The van der Waals surface area contributed by atoms with E-state index >= 15 is 0 Å². The molecule has 0 unspecified atom stereocenters. The Morgan fingerprint density at radius 2 is 1.06 bits per heavy atom. The Kier molecular flexibility index (Phi) is 11.1. The molecule has 2 aliphatic rings. The molecule has 4 N–H and O–H groups in total. The maximum atomic E-state index is 12.0. The monoisotopic (exact) mass is 706 g/mol. The van der Waals surface area contributed by atoms with Gasteiger partial charge in [0.2, 0.25) is 11.9 Å². The lowest BCUT2D eigenvalue weighted by Gasteiger charge is -2.33. The van der Waals surface area contributed by atoms with Gasteiger partial charge in [0.05, 0.1) is 9.79 Å². The minimum absolute atomic E-state index is 0.231. The van der Waals surface area contributed by atoms with Crippen LogP contribution in [0.15, 0.2) is 70.7 Å². The van der Waals surface area contributed by atoms with Gasteiger partial charge >= 0.3 is 0 Å². The SMILES string of the molecule is CCCN(c1ccnc(N)n1)c1ccc(S(C)(=O)=O)cc1C1CC1.CCCN(c1ccnc(N)n1)c1ccc(S(C)(=O)=O)cc1C1CCC1. The van der Waals surface area contributed by atoms with Gasteiger partial charge in [-0.2, -0.15) is 9.97 Å². The molecule has 6 rings (SSSR count). The van der Waals surface area contributed by atoms with Crippen molar-refractivity contribution in [3.8, 4) is 0 Å². The quantitative estimate of drug-likeness (QED) is 0.172. The van der Waals surface area contributed by atoms with Crippen LogP contribution in [0.3, 0.4) is 0 Å². The average molecular weight is 707 g/mol. The molecule has 2 aliphatic carbocycles. The van der Waals surface area contributed by atoms with Gasteiger partial charge < -0.3 is 21.3 Å². The molecule has 0 spiro atoms. The van der Waals surface area contributed by atoms with Crippen LogP contribution >= 0.6 is 0 Å². The van der Waals surface area contributed by atoms with Gasteiger partial charge in [-0.1, -0.05) is 20.3 Å². The predicted octanol–water partition coefficient (Wildman–Crippen LogP) is 6.17. The summed E-state index contributed by atoms with van der Waals surface area (Å²) in [5.74, 6) is 2.75. The third-order valence-electron chi connectivity index (χ3n) is 8.76. The first kappa shape index (κ1) is 36.0. The van der Waals surface area contributed by atoms with E-state index in [2.05, 4.69) is 43.6 Å². The Bertz CT molecular complexity index is 2000. The molecule has 49 heavy (non-hydrogen) atoms. The Morgan fingerprint density at radius 1 is 0.653 bits per heavy atom. The van der Waals surface area contributed by atoms with Gasteiger partial charge in [-0.3, -0.25) is 0 Å². The summed E-state index contributed by atoms with van der Waals surface area (Å²) in [7, 11) is -6.45. The van der Waals surface area contributed by atoms with Crippen molar-refractivity contribution < 1.29 is 16.8 Å². The topological polar surface area (TPSA) is 178 Å². The highest BCUT2D eigenvalue weighted by atomic mass is 32.2. The summed E-state index contributed by atoms with van der Waals surface area (Å²) >= 11 is 0. The molecule has 0 amide bonds. The van der Waals surface area contributed by atoms with Crippen molar-refractivity contribution in [3.05, 3.63) is 72.1 Å². The van der Waals surface area contributed by atoms with Crippen molar-refractivity contribution in [2.24, 2.45) is 0 Å². The highest BCUT2D eigenvalue weighted by Crippen LogP contribution is 2.46. The fraction of sp³-hybridized carbons (Fsp3) is 0.429. The van der Waals surface area contributed by atoms with E-state index in [1.165, 1.54) is 18.9 Å². The van der Waals surface area contributed by atoms with E-state index in [9.17, 15) is 16.8 Å². The summed E-state index contributed by atoms with van der Waals surface area (Å²) < 4.78 is 47.8. The van der Waals surface area contributed by atoms with Gasteiger partial charge in [0.1, 0.15) is 11.6 Å². The van der Waals surface area contributed by atoms with E-state index in [0.717, 1.165) is 85.8 Å². The molecule has 2 saturated carbocycles. The zero-order valence-corrected chi connectivity index (χ0v) is 30.2. The Balaban J connectivity index is 0.000000191. The molecule has 2 aromatic carbocycles. The number of nitrogen functional groups attached to an aromatic ring is 2. The minimum atomic E-state index is -3.23. The lowest BCUT2D eigenvalue weighted by atomic mass is 9.79. The van der Waals surface area contributed by atoms with Crippen LogP contribution in [-0.2, 0) is 19.7 Å². The highest BCUT2D eigenvalue weighted by molar-refractivity contribution is 7.91. The molecular weight excluding hydrogens is 661 g/mol. The average Bonchev–Trinajstić information content (AvgIpc) is 3.87. The molecule has 262 valence electrons. The van der Waals surface area contributed by atoms with Crippen molar-refractivity contribution >= 4 is 54.6 Å². The molecular formula is C35H46N8O4S2. The predicted molar refractivity (Wildman–Crippen MR) is 195 cm³/mol. The van der Waals surface area contributed by atoms with Gasteiger partial charge in [-0.25, -0.2) is 26.8 Å².